The molecule has 2 heteroatoms. The van der Waals surface area contributed by atoms with Gasteiger partial charge in [0.1, 0.15) is 0 Å². The maximum absolute atomic E-state index is 10.9. The summed E-state index contributed by atoms with van der Waals surface area (Å²) in [6.07, 6.45) is 8.01. The quantitative estimate of drug-likeness (QED) is 0.872. The topological polar surface area (TPSA) is 37.3 Å². The first-order chi connectivity index (χ1) is 8.66. The predicted molar refractivity (Wildman–Crippen MR) is 72.8 cm³/mol. The number of benzene rings is 1. The van der Waals surface area contributed by atoms with Crippen molar-refractivity contribution >= 4 is 5.97 Å². The van der Waals surface area contributed by atoms with Crippen LogP contribution >= 0.6 is 0 Å². The molecule has 2 nitrogen and oxygen atoms in total. The summed E-state index contributed by atoms with van der Waals surface area (Å²) in [7, 11) is 0. The third-order valence-corrected chi connectivity index (χ3v) is 4.10. The van der Waals surface area contributed by atoms with Gasteiger partial charge in [-0.3, -0.25) is 4.79 Å². The van der Waals surface area contributed by atoms with Gasteiger partial charge < -0.3 is 5.11 Å². The normalized spacial score (nSPS) is 18.5. The van der Waals surface area contributed by atoms with Crippen molar-refractivity contribution in [2.45, 2.75) is 51.4 Å². The Kier molecular flexibility index (Phi) is 4.40. The maximum atomic E-state index is 10.9. The van der Waals surface area contributed by atoms with E-state index in [-0.39, 0.29) is 0 Å². The minimum absolute atomic E-state index is 0.409. The van der Waals surface area contributed by atoms with Gasteiger partial charge in [0.05, 0.1) is 5.92 Å². The molecule has 98 valence electrons. The number of carbonyl (C=O) groups is 1. The summed E-state index contributed by atoms with van der Waals surface area (Å²) in [6, 6.07) is 8.14. The number of hydrogen-bond donors (Lipinski definition) is 1. The zero-order valence-electron chi connectivity index (χ0n) is 11.1. The van der Waals surface area contributed by atoms with Crippen LogP contribution in [0.15, 0.2) is 24.3 Å². The fraction of sp³-hybridized carbons (Fsp3) is 0.562. The van der Waals surface area contributed by atoms with Crippen LogP contribution in [0, 0.1) is 5.92 Å². The zero-order chi connectivity index (χ0) is 13.0. The molecule has 1 saturated carbocycles. The van der Waals surface area contributed by atoms with Crippen LogP contribution < -0.4 is 0 Å². The van der Waals surface area contributed by atoms with E-state index < -0.39 is 11.9 Å². The summed E-state index contributed by atoms with van der Waals surface area (Å²) < 4.78 is 0. The molecule has 0 amide bonds. The van der Waals surface area contributed by atoms with Gasteiger partial charge in [0.15, 0.2) is 0 Å². The summed E-state index contributed by atoms with van der Waals surface area (Å²) in [6.45, 7) is 1.73. The SMILES string of the molecule is C[C@H](C(=O)O)c1ccc(CC2CCCCC2)cc1. The van der Waals surface area contributed by atoms with Crippen LogP contribution in [0.5, 0.6) is 0 Å². The van der Waals surface area contributed by atoms with Crippen molar-refractivity contribution in [2.75, 3.05) is 0 Å². The Hall–Kier alpha value is -1.31. The molecule has 0 unspecified atom stereocenters. The molecule has 1 aliphatic rings. The minimum Gasteiger partial charge on any atom is -0.481 e. The lowest BCUT2D eigenvalue weighted by Crippen LogP contribution is -2.10. The Morgan fingerprint density at radius 3 is 2.39 bits per heavy atom. The van der Waals surface area contributed by atoms with E-state index in [4.69, 9.17) is 5.11 Å². The van der Waals surface area contributed by atoms with Crippen LogP contribution in [0.4, 0.5) is 0 Å². The monoisotopic (exact) mass is 246 g/mol. The Balaban J connectivity index is 1.96. The molecule has 1 aromatic carbocycles. The molecule has 2 rings (SSSR count). The van der Waals surface area contributed by atoms with Gasteiger partial charge in [0.2, 0.25) is 0 Å². The maximum Gasteiger partial charge on any atom is 0.310 e. The van der Waals surface area contributed by atoms with E-state index in [0.717, 1.165) is 17.9 Å². The van der Waals surface area contributed by atoms with Crippen molar-refractivity contribution < 1.29 is 9.90 Å². The van der Waals surface area contributed by atoms with Gasteiger partial charge in [-0.15, -0.1) is 0 Å². The Morgan fingerprint density at radius 2 is 1.83 bits per heavy atom. The minimum atomic E-state index is -0.755. The molecule has 1 aromatic rings. The van der Waals surface area contributed by atoms with Crippen LogP contribution in [-0.2, 0) is 11.2 Å². The van der Waals surface area contributed by atoms with Crippen molar-refractivity contribution in [1.29, 1.82) is 0 Å². The molecule has 0 saturated heterocycles. The van der Waals surface area contributed by atoms with E-state index in [0.29, 0.717) is 0 Å². The number of rotatable bonds is 4. The van der Waals surface area contributed by atoms with E-state index in [1.165, 1.54) is 37.7 Å². The zero-order valence-corrected chi connectivity index (χ0v) is 11.1. The van der Waals surface area contributed by atoms with Gasteiger partial charge in [-0.1, -0.05) is 56.4 Å². The lowest BCUT2D eigenvalue weighted by atomic mass is 9.84. The number of hydrogen-bond acceptors (Lipinski definition) is 1. The molecule has 1 aliphatic carbocycles. The lowest BCUT2D eigenvalue weighted by Gasteiger charge is -2.21. The van der Waals surface area contributed by atoms with Gasteiger partial charge in [-0.25, -0.2) is 0 Å². The summed E-state index contributed by atoms with van der Waals surface area (Å²) in [5, 5.41) is 8.97. The summed E-state index contributed by atoms with van der Waals surface area (Å²) in [4.78, 5) is 10.9. The summed E-state index contributed by atoms with van der Waals surface area (Å²) >= 11 is 0. The van der Waals surface area contributed by atoms with Crippen molar-refractivity contribution in [2.24, 2.45) is 5.92 Å². The average Bonchev–Trinajstić information content (AvgIpc) is 2.40. The highest BCUT2D eigenvalue weighted by molar-refractivity contribution is 5.75. The van der Waals surface area contributed by atoms with Crippen molar-refractivity contribution in [3.8, 4) is 0 Å². The Morgan fingerprint density at radius 1 is 1.22 bits per heavy atom. The number of carboxylic acids is 1. The molecule has 1 fully saturated rings. The lowest BCUT2D eigenvalue weighted by molar-refractivity contribution is -0.138. The van der Waals surface area contributed by atoms with Crippen molar-refractivity contribution in [3.05, 3.63) is 35.4 Å². The fourth-order valence-corrected chi connectivity index (χ4v) is 2.81. The second-order valence-corrected chi connectivity index (χ2v) is 5.51. The second kappa shape index (κ2) is 6.03. The fourth-order valence-electron chi connectivity index (χ4n) is 2.81. The van der Waals surface area contributed by atoms with Crippen LogP contribution in [0.3, 0.4) is 0 Å². The molecule has 0 aromatic heterocycles. The predicted octanol–water partition coefficient (Wildman–Crippen LogP) is 4.00. The van der Waals surface area contributed by atoms with E-state index in [9.17, 15) is 4.79 Å². The molecule has 1 N–H and O–H groups in total. The van der Waals surface area contributed by atoms with Gasteiger partial charge in [-0.2, -0.15) is 0 Å². The molecule has 0 bridgehead atoms. The van der Waals surface area contributed by atoms with Crippen molar-refractivity contribution in [3.63, 3.8) is 0 Å². The average molecular weight is 246 g/mol. The highest BCUT2D eigenvalue weighted by Gasteiger charge is 2.15. The Labute approximate surface area is 109 Å². The van der Waals surface area contributed by atoms with Gasteiger partial charge >= 0.3 is 5.97 Å². The molecular formula is C16H22O2. The molecule has 0 spiro atoms. The molecule has 0 aliphatic heterocycles. The van der Waals surface area contributed by atoms with E-state index in [1.54, 1.807) is 6.92 Å². The van der Waals surface area contributed by atoms with Crippen LogP contribution in [-0.4, -0.2) is 11.1 Å². The molecular weight excluding hydrogens is 224 g/mol. The van der Waals surface area contributed by atoms with E-state index in [1.807, 2.05) is 12.1 Å². The first kappa shape index (κ1) is 13.1. The van der Waals surface area contributed by atoms with Gasteiger partial charge in [0, 0.05) is 0 Å². The smallest absolute Gasteiger partial charge is 0.310 e. The molecule has 1 atom stereocenters. The largest absolute Gasteiger partial charge is 0.481 e. The third kappa shape index (κ3) is 3.34. The van der Waals surface area contributed by atoms with Crippen LogP contribution in [0.2, 0.25) is 0 Å². The Bertz CT molecular complexity index is 388. The highest BCUT2D eigenvalue weighted by atomic mass is 16.4. The molecule has 0 heterocycles. The molecule has 18 heavy (non-hydrogen) atoms. The van der Waals surface area contributed by atoms with Gasteiger partial charge in [-0.05, 0) is 30.4 Å². The first-order valence-electron chi connectivity index (χ1n) is 6.98. The highest BCUT2D eigenvalue weighted by Crippen LogP contribution is 2.27. The number of aliphatic carboxylic acids is 1. The molecule has 0 radical (unpaired) electrons. The van der Waals surface area contributed by atoms with Crippen LogP contribution in [0.25, 0.3) is 0 Å². The first-order valence-corrected chi connectivity index (χ1v) is 6.98. The number of carboxylic acid groups (broad SMARTS) is 1. The summed E-state index contributed by atoms with van der Waals surface area (Å²) in [5.74, 6) is -0.328. The van der Waals surface area contributed by atoms with Gasteiger partial charge in [0.25, 0.3) is 0 Å². The van der Waals surface area contributed by atoms with E-state index >= 15 is 0 Å². The second-order valence-electron chi connectivity index (χ2n) is 5.51. The standard InChI is InChI=1S/C16H22O2/c1-12(16(17)18)15-9-7-14(8-10-15)11-13-5-3-2-4-6-13/h7-10,12-13H,2-6,11H2,1H3,(H,17,18)/t12-/m0/s1. The van der Waals surface area contributed by atoms with Crippen molar-refractivity contribution in [1.82, 2.24) is 0 Å². The third-order valence-electron chi connectivity index (χ3n) is 4.10. The van der Waals surface area contributed by atoms with E-state index in [2.05, 4.69) is 12.1 Å². The van der Waals surface area contributed by atoms with Crippen LogP contribution in [0.1, 0.15) is 56.1 Å². The summed E-state index contributed by atoms with van der Waals surface area (Å²) in [5.41, 5.74) is 2.25.